The standard InChI is InChI=1S/C25H24O4/c26-18-8-7-14-10-17-6-3-9-24-19(14)20(18)29-22(24)21(27)23(13-25(17,24)28)11-15-4-1-2-5-16(15)12-23/h1-2,4-5,7-8,17,22,26,28H,3,6,9-13H2/t17-,22+,24+,25-/m1/s1. The van der Waals surface area contributed by atoms with E-state index in [1.807, 2.05) is 18.2 Å². The molecule has 1 heterocycles. The zero-order valence-electron chi connectivity index (χ0n) is 16.3. The average molecular weight is 388 g/mol. The summed E-state index contributed by atoms with van der Waals surface area (Å²) in [5.74, 6) is 0.809. The van der Waals surface area contributed by atoms with Crippen molar-refractivity contribution in [1.82, 2.24) is 0 Å². The smallest absolute Gasteiger partial charge is 0.181 e. The molecule has 0 amide bonds. The molecule has 4 heteroatoms. The van der Waals surface area contributed by atoms with Crippen LogP contribution in [-0.4, -0.2) is 27.7 Å². The number of Topliss-reactive ketones (excluding diaryl/α,β-unsaturated/α-hetero) is 1. The molecule has 0 aromatic heterocycles. The van der Waals surface area contributed by atoms with E-state index < -0.39 is 22.5 Å². The van der Waals surface area contributed by atoms with E-state index in [4.69, 9.17) is 4.74 Å². The third-order valence-electron chi connectivity index (χ3n) is 8.94. The molecule has 0 radical (unpaired) electrons. The molecule has 0 unspecified atom stereocenters. The first-order valence-electron chi connectivity index (χ1n) is 10.8. The van der Waals surface area contributed by atoms with E-state index in [0.29, 0.717) is 25.0 Å². The summed E-state index contributed by atoms with van der Waals surface area (Å²) in [5, 5.41) is 23.0. The van der Waals surface area contributed by atoms with Crippen molar-refractivity contribution in [3.63, 3.8) is 0 Å². The summed E-state index contributed by atoms with van der Waals surface area (Å²) in [7, 11) is 0. The number of ketones is 1. The van der Waals surface area contributed by atoms with Crippen LogP contribution in [-0.2, 0) is 29.5 Å². The molecule has 4 atom stereocenters. The summed E-state index contributed by atoms with van der Waals surface area (Å²) in [6, 6.07) is 11.9. The largest absolute Gasteiger partial charge is 0.504 e. The van der Waals surface area contributed by atoms with Crippen molar-refractivity contribution in [2.75, 3.05) is 0 Å². The number of fused-ring (bicyclic) bond motifs is 1. The van der Waals surface area contributed by atoms with E-state index >= 15 is 0 Å². The van der Waals surface area contributed by atoms with Crippen LogP contribution >= 0.6 is 0 Å². The fraction of sp³-hybridized carbons (Fsp3) is 0.480. The summed E-state index contributed by atoms with van der Waals surface area (Å²) in [6.45, 7) is 0. The van der Waals surface area contributed by atoms with Crippen LogP contribution in [0.25, 0.3) is 0 Å². The molecule has 2 fully saturated rings. The van der Waals surface area contributed by atoms with E-state index in [2.05, 4.69) is 12.1 Å². The minimum atomic E-state index is -0.960. The molecule has 2 aromatic rings. The molecule has 7 rings (SSSR count). The molecule has 1 aliphatic heterocycles. The van der Waals surface area contributed by atoms with Crippen LogP contribution < -0.4 is 4.74 Å². The van der Waals surface area contributed by atoms with Gasteiger partial charge < -0.3 is 14.9 Å². The summed E-state index contributed by atoms with van der Waals surface area (Å²) < 4.78 is 6.31. The number of carbonyl (C=O) groups excluding carboxylic acids is 1. The van der Waals surface area contributed by atoms with Crippen molar-refractivity contribution >= 4 is 5.78 Å². The Bertz CT molecular complexity index is 1080. The van der Waals surface area contributed by atoms with Crippen LogP contribution in [0.5, 0.6) is 11.5 Å². The molecule has 148 valence electrons. The highest BCUT2D eigenvalue weighted by Crippen LogP contribution is 2.70. The molecule has 0 saturated heterocycles. The first-order chi connectivity index (χ1) is 14.0. The zero-order valence-corrected chi connectivity index (χ0v) is 16.3. The molecule has 2 saturated carbocycles. The van der Waals surface area contributed by atoms with Gasteiger partial charge in [0.2, 0.25) is 0 Å². The molecule has 4 aliphatic carbocycles. The number of hydrogen-bond acceptors (Lipinski definition) is 4. The number of phenolic OH excluding ortho intramolecular Hbond substituents is 1. The Labute approximate surface area is 169 Å². The van der Waals surface area contributed by atoms with E-state index in [1.165, 1.54) is 11.1 Å². The molecule has 29 heavy (non-hydrogen) atoms. The van der Waals surface area contributed by atoms with E-state index in [9.17, 15) is 15.0 Å². The predicted molar refractivity (Wildman–Crippen MR) is 106 cm³/mol. The molecule has 2 spiro atoms. The van der Waals surface area contributed by atoms with Crippen LogP contribution in [0.15, 0.2) is 36.4 Å². The quantitative estimate of drug-likeness (QED) is 0.727. The number of ether oxygens (including phenoxy) is 1. The SMILES string of the molecule is O=C1[C@@H]2Oc3c(O)ccc4c3[C@@]23CCC[C@H](C4)[C@]3(O)CC12Cc1ccccc1C2. The second-order valence-electron chi connectivity index (χ2n) is 10.1. The summed E-state index contributed by atoms with van der Waals surface area (Å²) >= 11 is 0. The van der Waals surface area contributed by atoms with Gasteiger partial charge in [0.05, 0.1) is 11.0 Å². The second kappa shape index (κ2) is 4.86. The highest BCUT2D eigenvalue weighted by Gasteiger charge is 2.76. The van der Waals surface area contributed by atoms with E-state index in [0.717, 1.165) is 36.8 Å². The number of aromatic hydroxyl groups is 1. The van der Waals surface area contributed by atoms with Gasteiger partial charge in [-0.25, -0.2) is 0 Å². The van der Waals surface area contributed by atoms with Gasteiger partial charge >= 0.3 is 0 Å². The van der Waals surface area contributed by atoms with Crippen molar-refractivity contribution in [1.29, 1.82) is 0 Å². The van der Waals surface area contributed by atoms with Crippen molar-refractivity contribution < 1.29 is 19.7 Å². The highest BCUT2D eigenvalue weighted by atomic mass is 16.5. The molecule has 5 aliphatic rings. The normalized spacial score (nSPS) is 37.2. The molecular weight excluding hydrogens is 364 g/mol. The highest BCUT2D eigenvalue weighted by molar-refractivity contribution is 5.95. The van der Waals surface area contributed by atoms with E-state index in [1.54, 1.807) is 6.07 Å². The van der Waals surface area contributed by atoms with Gasteiger partial charge in [-0.05, 0) is 67.2 Å². The van der Waals surface area contributed by atoms with Crippen molar-refractivity contribution in [2.45, 2.75) is 62.1 Å². The molecular formula is C25H24O4. The Morgan fingerprint density at radius 2 is 1.79 bits per heavy atom. The summed E-state index contributed by atoms with van der Waals surface area (Å²) in [4.78, 5) is 14.1. The number of aliphatic hydroxyl groups is 1. The van der Waals surface area contributed by atoms with Gasteiger partial charge in [0.1, 0.15) is 0 Å². The van der Waals surface area contributed by atoms with Crippen LogP contribution in [0.4, 0.5) is 0 Å². The molecule has 2 bridgehead atoms. The zero-order chi connectivity index (χ0) is 19.6. The van der Waals surface area contributed by atoms with Gasteiger partial charge in [0, 0.05) is 11.0 Å². The number of rotatable bonds is 0. The number of benzene rings is 2. The first kappa shape index (κ1) is 16.5. The van der Waals surface area contributed by atoms with Gasteiger partial charge in [-0.2, -0.15) is 0 Å². The van der Waals surface area contributed by atoms with Gasteiger partial charge in [-0.15, -0.1) is 0 Å². The fourth-order valence-electron chi connectivity index (χ4n) is 7.88. The summed E-state index contributed by atoms with van der Waals surface area (Å²) in [5.41, 5.74) is 2.26. The third-order valence-corrected chi connectivity index (χ3v) is 8.94. The second-order valence-corrected chi connectivity index (χ2v) is 10.1. The Hall–Kier alpha value is -2.33. The Morgan fingerprint density at radius 3 is 2.55 bits per heavy atom. The lowest BCUT2D eigenvalue weighted by Crippen LogP contribution is -2.74. The topological polar surface area (TPSA) is 66.8 Å². The summed E-state index contributed by atoms with van der Waals surface area (Å²) in [6.07, 6.45) is 4.70. The minimum absolute atomic E-state index is 0.0930. The van der Waals surface area contributed by atoms with Gasteiger partial charge in [0.25, 0.3) is 0 Å². The Morgan fingerprint density at radius 1 is 1.03 bits per heavy atom. The van der Waals surface area contributed by atoms with E-state index in [-0.39, 0.29) is 17.5 Å². The van der Waals surface area contributed by atoms with Crippen LogP contribution in [0.2, 0.25) is 0 Å². The van der Waals surface area contributed by atoms with Crippen molar-refractivity contribution in [3.8, 4) is 11.5 Å². The number of phenols is 1. The Kier molecular flexibility index (Phi) is 2.76. The maximum absolute atomic E-state index is 14.1. The minimum Gasteiger partial charge on any atom is -0.504 e. The Balaban J connectivity index is 1.47. The molecule has 2 N–H and O–H groups in total. The van der Waals surface area contributed by atoms with Crippen LogP contribution in [0.1, 0.15) is 47.9 Å². The van der Waals surface area contributed by atoms with Crippen molar-refractivity contribution in [2.24, 2.45) is 11.3 Å². The molecule has 4 nitrogen and oxygen atoms in total. The maximum atomic E-state index is 14.1. The van der Waals surface area contributed by atoms with Crippen molar-refractivity contribution in [3.05, 3.63) is 58.7 Å². The van der Waals surface area contributed by atoms with Gasteiger partial charge in [0.15, 0.2) is 23.4 Å². The third kappa shape index (κ3) is 1.64. The average Bonchev–Trinajstić information content (AvgIpc) is 3.23. The fourth-order valence-corrected chi connectivity index (χ4v) is 7.88. The lowest BCUT2D eigenvalue weighted by molar-refractivity contribution is -0.199. The lowest BCUT2D eigenvalue weighted by atomic mass is 9.42. The number of hydrogen-bond donors (Lipinski definition) is 2. The van der Waals surface area contributed by atoms with Gasteiger partial charge in [-0.1, -0.05) is 36.8 Å². The number of carbonyl (C=O) groups is 1. The first-order valence-corrected chi connectivity index (χ1v) is 10.8. The maximum Gasteiger partial charge on any atom is 0.181 e. The predicted octanol–water partition coefficient (Wildman–Crippen LogP) is 3.24. The van der Waals surface area contributed by atoms with Crippen LogP contribution in [0, 0.1) is 11.3 Å². The lowest BCUT2D eigenvalue weighted by Gasteiger charge is -2.62. The monoisotopic (exact) mass is 388 g/mol. The van der Waals surface area contributed by atoms with Gasteiger partial charge in [-0.3, -0.25) is 4.79 Å². The van der Waals surface area contributed by atoms with Crippen LogP contribution in [0.3, 0.4) is 0 Å². The molecule has 2 aromatic carbocycles.